The first kappa shape index (κ1) is 18.5. The molecular weight excluding hydrogens is 342 g/mol. The fraction of sp³-hybridized carbons (Fsp3) is 0.182. The van der Waals surface area contributed by atoms with Crippen LogP contribution in [0, 0.1) is 13.8 Å². The molecule has 1 heterocycles. The topological polar surface area (TPSA) is 72.6 Å². The van der Waals surface area contributed by atoms with Gasteiger partial charge in [0.1, 0.15) is 11.5 Å². The van der Waals surface area contributed by atoms with E-state index < -0.39 is 5.97 Å². The minimum absolute atomic E-state index is 0.477. The van der Waals surface area contributed by atoms with Gasteiger partial charge < -0.3 is 14.3 Å². The summed E-state index contributed by atoms with van der Waals surface area (Å²) in [6.07, 6.45) is 3.29. The van der Waals surface area contributed by atoms with Gasteiger partial charge in [-0.15, -0.1) is 0 Å². The van der Waals surface area contributed by atoms with Gasteiger partial charge in [-0.3, -0.25) is 0 Å². The first-order valence-corrected chi connectivity index (χ1v) is 8.68. The van der Waals surface area contributed by atoms with Crippen LogP contribution in [0.4, 0.5) is 0 Å². The minimum atomic E-state index is -0.969. The number of rotatable bonds is 7. The summed E-state index contributed by atoms with van der Waals surface area (Å²) in [5.74, 6) is 1.18. The Morgan fingerprint density at radius 3 is 2.67 bits per heavy atom. The highest BCUT2D eigenvalue weighted by Gasteiger charge is 2.11. The molecule has 0 unspecified atom stereocenters. The lowest BCUT2D eigenvalue weighted by Crippen LogP contribution is -2.02. The van der Waals surface area contributed by atoms with Crippen molar-refractivity contribution < 1.29 is 19.1 Å². The third-order valence-corrected chi connectivity index (χ3v) is 4.06. The molecule has 0 bridgehead atoms. The highest BCUT2D eigenvalue weighted by molar-refractivity contribution is 5.85. The van der Waals surface area contributed by atoms with E-state index in [9.17, 15) is 4.79 Å². The summed E-state index contributed by atoms with van der Waals surface area (Å²) in [4.78, 5) is 15.1. The Bertz CT molecular complexity index is 955. The zero-order valence-electron chi connectivity index (χ0n) is 15.3. The minimum Gasteiger partial charge on any atom is -0.493 e. The Morgan fingerprint density at radius 2 is 1.96 bits per heavy atom. The second kappa shape index (κ2) is 8.36. The molecule has 0 saturated heterocycles. The van der Waals surface area contributed by atoms with Crippen LogP contribution in [0.5, 0.6) is 5.75 Å². The van der Waals surface area contributed by atoms with Crippen LogP contribution < -0.4 is 4.74 Å². The monoisotopic (exact) mass is 363 g/mol. The Kier molecular flexibility index (Phi) is 5.71. The molecule has 0 radical (unpaired) electrons. The summed E-state index contributed by atoms with van der Waals surface area (Å²) in [5, 5.41) is 8.64. The Morgan fingerprint density at radius 1 is 1.19 bits per heavy atom. The number of hydrogen-bond donors (Lipinski definition) is 1. The van der Waals surface area contributed by atoms with Gasteiger partial charge in [0, 0.05) is 18.1 Å². The number of oxazole rings is 1. The Hall–Kier alpha value is -3.34. The zero-order valence-corrected chi connectivity index (χ0v) is 15.3. The lowest BCUT2D eigenvalue weighted by Gasteiger charge is -2.05. The molecule has 138 valence electrons. The average molecular weight is 363 g/mol. The number of benzene rings is 2. The van der Waals surface area contributed by atoms with E-state index >= 15 is 0 Å². The smallest absolute Gasteiger partial charge is 0.328 e. The van der Waals surface area contributed by atoms with Crippen molar-refractivity contribution in [3.8, 4) is 17.2 Å². The van der Waals surface area contributed by atoms with Crippen LogP contribution in [0.15, 0.2) is 59.0 Å². The molecule has 0 aliphatic carbocycles. The van der Waals surface area contributed by atoms with Gasteiger partial charge in [-0.2, -0.15) is 0 Å². The molecule has 5 heteroatoms. The highest BCUT2D eigenvalue weighted by atomic mass is 16.5. The number of carboxylic acid groups (broad SMARTS) is 1. The third kappa shape index (κ3) is 5.07. The van der Waals surface area contributed by atoms with Crippen LogP contribution in [0.25, 0.3) is 17.5 Å². The first-order chi connectivity index (χ1) is 13.0. The Labute approximate surface area is 157 Å². The second-order valence-corrected chi connectivity index (χ2v) is 6.23. The number of aliphatic carboxylic acids is 1. The van der Waals surface area contributed by atoms with E-state index in [0.717, 1.165) is 40.0 Å². The van der Waals surface area contributed by atoms with Crippen molar-refractivity contribution in [2.45, 2.75) is 20.3 Å². The van der Waals surface area contributed by atoms with Gasteiger partial charge >= 0.3 is 5.97 Å². The van der Waals surface area contributed by atoms with Crippen LogP contribution in [0.1, 0.15) is 22.6 Å². The van der Waals surface area contributed by atoms with E-state index in [0.29, 0.717) is 18.9 Å². The van der Waals surface area contributed by atoms with Crippen LogP contribution >= 0.6 is 0 Å². The molecular formula is C22H21NO4. The normalized spacial score (nSPS) is 11.0. The molecule has 27 heavy (non-hydrogen) atoms. The maximum absolute atomic E-state index is 10.5. The molecule has 0 aliphatic rings. The standard InChI is InChI=1S/C22H21NO4/c1-15-4-3-5-18(14-15)22-23-20(16(2)27-22)12-13-26-19-9-6-17(7-10-19)8-11-21(24)25/h3-11,14H,12-13H2,1-2H3,(H,24,25). The molecule has 5 nitrogen and oxygen atoms in total. The summed E-state index contributed by atoms with van der Waals surface area (Å²) in [6.45, 7) is 4.42. The predicted molar refractivity (Wildman–Crippen MR) is 104 cm³/mol. The summed E-state index contributed by atoms with van der Waals surface area (Å²) in [5.41, 5.74) is 3.82. The van der Waals surface area contributed by atoms with Gasteiger partial charge in [-0.25, -0.2) is 9.78 Å². The van der Waals surface area contributed by atoms with Gasteiger partial charge in [0.15, 0.2) is 0 Å². The van der Waals surface area contributed by atoms with Crippen LogP contribution in [0.3, 0.4) is 0 Å². The van der Waals surface area contributed by atoms with Gasteiger partial charge in [-0.05, 0) is 49.8 Å². The number of ether oxygens (including phenoxy) is 1. The van der Waals surface area contributed by atoms with E-state index in [1.165, 1.54) is 6.08 Å². The largest absolute Gasteiger partial charge is 0.493 e. The van der Waals surface area contributed by atoms with E-state index in [1.807, 2.05) is 62.4 Å². The fourth-order valence-corrected chi connectivity index (χ4v) is 2.67. The number of aryl methyl sites for hydroxylation is 2. The molecule has 2 aromatic carbocycles. The first-order valence-electron chi connectivity index (χ1n) is 8.68. The molecule has 0 saturated carbocycles. The quantitative estimate of drug-likeness (QED) is 0.617. The van der Waals surface area contributed by atoms with Crippen molar-refractivity contribution in [1.82, 2.24) is 4.98 Å². The number of nitrogens with zero attached hydrogens (tertiary/aromatic N) is 1. The molecule has 1 aromatic heterocycles. The van der Waals surface area contributed by atoms with Gasteiger partial charge in [0.25, 0.3) is 0 Å². The van der Waals surface area contributed by atoms with Crippen molar-refractivity contribution in [3.05, 3.63) is 77.2 Å². The maximum Gasteiger partial charge on any atom is 0.328 e. The SMILES string of the molecule is Cc1cccc(-c2nc(CCOc3ccc(C=CC(=O)O)cc3)c(C)o2)c1. The third-order valence-electron chi connectivity index (χ3n) is 4.06. The highest BCUT2D eigenvalue weighted by Crippen LogP contribution is 2.23. The van der Waals surface area contributed by atoms with E-state index in [4.69, 9.17) is 14.3 Å². The number of carbonyl (C=O) groups is 1. The van der Waals surface area contributed by atoms with Crippen molar-refractivity contribution in [2.75, 3.05) is 6.61 Å². The zero-order chi connectivity index (χ0) is 19.2. The van der Waals surface area contributed by atoms with Crippen LogP contribution in [0.2, 0.25) is 0 Å². The summed E-state index contributed by atoms with van der Waals surface area (Å²) >= 11 is 0. The van der Waals surface area contributed by atoms with Crippen molar-refractivity contribution in [2.24, 2.45) is 0 Å². The average Bonchev–Trinajstić information content (AvgIpc) is 3.02. The molecule has 0 amide bonds. The molecule has 3 aromatic rings. The van der Waals surface area contributed by atoms with E-state index in [2.05, 4.69) is 4.98 Å². The Balaban J connectivity index is 1.58. The van der Waals surface area contributed by atoms with Gasteiger partial charge in [-0.1, -0.05) is 29.8 Å². The molecule has 3 rings (SSSR count). The van der Waals surface area contributed by atoms with Crippen molar-refractivity contribution in [3.63, 3.8) is 0 Å². The maximum atomic E-state index is 10.5. The van der Waals surface area contributed by atoms with Crippen LogP contribution in [-0.2, 0) is 11.2 Å². The number of aromatic nitrogens is 1. The van der Waals surface area contributed by atoms with Crippen LogP contribution in [-0.4, -0.2) is 22.7 Å². The molecule has 1 N–H and O–H groups in total. The summed E-state index contributed by atoms with van der Waals surface area (Å²) < 4.78 is 11.6. The van der Waals surface area contributed by atoms with E-state index in [-0.39, 0.29) is 0 Å². The number of hydrogen-bond acceptors (Lipinski definition) is 4. The second-order valence-electron chi connectivity index (χ2n) is 6.23. The van der Waals surface area contributed by atoms with Crippen molar-refractivity contribution >= 4 is 12.0 Å². The lowest BCUT2D eigenvalue weighted by molar-refractivity contribution is -0.131. The molecule has 0 aliphatic heterocycles. The van der Waals surface area contributed by atoms with Gasteiger partial charge in [0.05, 0.1) is 12.3 Å². The fourth-order valence-electron chi connectivity index (χ4n) is 2.67. The lowest BCUT2D eigenvalue weighted by atomic mass is 10.1. The number of carboxylic acids is 1. The van der Waals surface area contributed by atoms with Gasteiger partial charge in [0.2, 0.25) is 5.89 Å². The van der Waals surface area contributed by atoms with Crippen molar-refractivity contribution in [1.29, 1.82) is 0 Å². The van der Waals surface area contributed by atoms with E-state index in [1.54, 1.807) is 0 Å². The molecule has 0 spiro atoms. The molecule has 0 fully saturated rings. The summed E-state index contributed by atoms with van der Waals surface area (Å²) in [7, 11) is 0. The predicted octanol–water partition coefficient (Wildman–Crippen LogP) is 4.68. The summed E-state index contributed by atoms with van der Waals surface area (Å²) in [6, 6.07) is 15.3. The molecule has 0 atom stereocenters.